The highest BCUT2D eigenvalue weighted by molar-refractivity contribution is 5.66. The van der Waals surface area contributed by atoms with E-state index in [0.717, 1.165) is 24.5 Å². The van der Waals surface area contributed by atoms with Crippen LogP contribution in [0.3, 0.4) is 0 Å². The van der Waals surface area contributed by atoms with Gasteiger partial charge in [-0.15, -0.1) is 0 Å². The lowest BCUT2D eigenvalue weighted by atomic mass is 9.76. The third kappa shape index (κ3) is 5.55. The fraction of sp³-hybridized carbons (Fsp3) is 0.667. The number of hydrogen-bond donors (Lipinski definition) is 2. The first-order chi connectivity index (χ1) is 9.30. The minimum Gasteiger partial charge on any atom is -0.481 e. The van der Waals surface area contributed by atoms with E-state index in [1.165, 1.54) is 0 Å². The summed E-state index contributed by atoms with van der Waals surface area (Å²) in [5, 5.41) is 12.1. The van der Waals surface area contributed by atoms with Crippen molar-refractivity contribution >= 4 is 11.8 Å². The van der Waals surface area contributed by atoms with E-state index in [0.29, 0.717) is 12.3 Å². The molecule has 0 spiro atoms. The summed E-state index contributed by atoms with van der Waals surface area (Å²) >= 11 is 0. The lowest BCUT2D eigenvalue weighted by Gasteiger charge is -2.30. The van der Waals surface area contributed by atoms with Gasteiger partial charge in [-0.1, -0.05) is 20.8 Å². The van der Waals surface area contributed by atoms with Crippen LogP contribution in [-0.4, -0.2) is 27.6 Å². The van der Waals surface area contributed by atoms with E-state index in [1.807, 2.05) is 6.92 Å². The van der Waals surface area contributed by atoms with Gasteiger partial charge in [0.2, 0.25) is 0 Å². The fourth-order valence-electron chi connectivity index (χ4n) is 2.25. The van der Waals surface area contributed by atoms with E-state index in [2.05, 4.69) is 36.1 Å². The Morgan fingerprint density at radius 2 is 1.95 bits per heavy atom. The quantitative estimate of drug-likeness (QED) is 0.802. The zero-order chi connectivity index (χ0) is 15.2. The van der Waals surface area contributed by atoms with Gasteiger partial charge in [0.1, 0.15) is 5.82 Å². The zero-order valence-corrected chi connectivity index (χ0v) is 12.8. The molecule has 0 amide bonds. The van der Waals surface area contributed by atoms with Crippen LogP contribution in [0.2, 0.25) is 0 Å². The van der Waals surface area contributed by atoms with Crippen molar-refractivity contribution in [2.75, 3.05) is 11.9 Å². The van der Waals surface area contributed by atoms with Gasteiger partial charge >= 0.3 is 5.97 Å². The molecule has 1 atom stereocenters. The van der Waals surface area contributed by atoms with Crippen molar-refractivity contribution in [3.63, 3.8) is 0 Å². The number of nitrogens with one attached hydrogen (secondary N) is 1. The van der Waals surface area contributed by atoms with E-state index < -0.39 is 5.97 Å². The van der Waals surface area contributed by atoms with Crippen molar-refractivity contribution in [3.8, 4) is 0 Å². The Morgan fingerprint density at radius 3 is 2.50 bits per heavy atom. The van der Waals surface area contributed by atoms with Crippen LogP contribution in [0.15, 0.2) is 12.4 Å². The SMILES string of the molecule is Cc1nccnc1NCCC(CCC(=O)O)C(C)(C)C. The Morgan fingerprint density at radius 1 is 1.30 bits per heavy atom. The van der Waals surface area contributed by atoms with Gasteiger partial charge in [-0.2, -0.15) is 0 Å². The molecule has 1 unspecified atom stereocenters. The second-order valence-electron chi connectivity index (χ2n) is 6.20. The molecule has 1 aromatic heterocycles. The number of hydrogen-bond acceptors (Lipinski definition) is 4. The molecule has 0 bridgehead atoms. The van der Waals surface area contributed by atoms with Crippen LogP contribution in [0.25, 0.3) is 0 Å². The fourth-order valence-corrected chi connectivity index (χ4v) is 2.25. The number of aliphatic carboxylic acids is 1. The van der Waals surface area contributed by atoms with Gasteiger partial charge in [-0.25, -0.2) is 4.98 Å². The number of aromatic nitrogens is 2. The van der Waals surface area contributed by atoms with E-state index in [9.17, 15) is 4.79 Å². The summed E-state index contributed by atoms with van der Waals surface area (Å²) in [7, 11) is 0. The van der Waals surface area contributed by atoms with E-state index >= 15 is 0 Å². The molecule has 2 N–H and O–H groups in total. The van der Waals surface area contributed by atoms with Gasteiger partial charge in [-0.05, 0) is 31.1 Å². The Hall–Kier alpha value is -1.65. The summed E-state index contributed by atoms with van der Waals surface area (Å²) in [5.74, 6) is 0.443. The third-order valence-electron chi connectivity index (χ3n) is 3.60. The normalized spacial score (nSPS) is 13.0. The molecule has 5 heteroatoms. The van der Waals surface area contributed by atoms with Crippen LogP contribution in [0.5, 0.6) is 0 Å². The first-order valence-corrected chi connectivity index (χ1v) is 7.04. The maximum atomic E-state index is 10.7. The number of nitrogens with zero attached hydrogens (tertiary/aromatic N) is 2. The maximum Gasteiger partial charge on any atom is 0.303 e. The van der Waals surface area contributed by atoms with Gasteiger partial charge in [0.05, 0.1) is 5.69 Å². The van der Waals surface area contributed by atoms with Gasteiger partial charge in [0, 0.05) is 25.4 Å². The second-order valence-corrected chi connectivity index (χ2v) is 6.20. The second kappa shape index (κ2) is 7.22. The van der Waals surface area contributed by atoms with Crippen LogP contribution in [0.1, 0.15) is 45.7 Å². The molecule has 0 aliphatic heterocycles. The van der Waals surface area contributed by atoms with Gasteiger partial charge in [-0.3, -0.25) is 9.78 Å². The topological polar surface area (TPSA) is 75.1 Å². The molecule has 1 rings (SSSR count). The molecule has 112 valence electrons. The standard InChI is InChI=1S/C15H25N3O2/c1-11-14(18-10-9-16-11)17-8-7-12(15(2,3)4)5-6-13(19)20/h9-10,12H,5-8H2,1-4H3,(H,17,18)(H,19,20). The Labute approximate surface area is 120 Å². The summed E-state index contributed by atoms with van der Waals surface area (Å²) in [6, 6.07) is 0. The molecular weight excluding hydrogens is 254 g/mol. The van der Waals surface area contributed by atoms with Gasteiger partial charge in [0.25, 0.3) is 0 Å². The Bertz CT molecular complexity index is 441. The van der Waals surface area contributed by atoms with Crippen molar-refractivity contribution in [3.05, 3.63) is 18.1 Å². The first-order valence-electron chi connectivity index (χ1n) is 7.04. The van der Waals surface area contributed by atoms with Crippen molar-refractivity contribution in [2.45, 2.75) is 47.0 Å². The summed E-state index contributed by atoms with van der Waals surface area (Å²) < 4.78 is 0. The summed E-state index contributed by atoms with van der Waals surface area (Å²) in [6.07, 6.45) is 5.20. The predicted molar refractivity (Wildman–Crippen MR) is 79.7 cm³/mol. The predicted octanol–water partition coefficient (Wildman–Crippen LogP) is 3.11. The lowest BCUT2D eigenvalue weighted by Crippen LogP contribution is -2.24. The maximum absolute atomic E-state index is 10.7. The zero-order valence-electron chi connectivity index (χ0n) is 12.8. The van der Waals surface area contributed by atoms with Crippen molar-refractivity contribution in [2.24, 2.45) is 11.3 Å². The number of anilines is 1. The van der Waals surface area contributed by atoms with Crippen LogP contribution in [0, 0.1) is 18.3 Å². The van der Waals surface area contributed by atoms with Crippen LogP contribution in [0.4, 0.5) is 5.82 Å². The van der Waals surface area contributed by atoms with Gasteiger partial charge < -0.3 is 10.4 Å². The smallest absolute Gasteiger partial charge is 0.303 e. The third-order valence-corrected chi connectivity index (χ3v) is 3.60. The molecule has 0 fully saturated rings. The minimum atomic E-state index is -0.725. The molecule has 0 saturated heterocycles. The molecular formula is C15H25N3O2. The number of carboxylic acids is 1. The van der Waals surface area contributed by atoms with Crippen LogP contribution in [-0.2, 0) is 4.79 Å². The van der Waals surface area contributed by atoms with Crippen LogP contribution >= 0.6 is 0 Å². The molecule has 0 aliphatic rings. The number of carbonyl (C=O) groups is 1. The highest BCUT2D eigenvalue weighted by atomic mass is 16.4. The lowest BCUT2D eigenvalue weighted by molar-refractivity contribution is -0.137. The Kier molecular flexibility index (Phi) is 5.92. The molecule has 20 heavy (non-hydrogen) atoms. The number of aryl methyl sites for hydroxylation is 1. The first kappa shape index (κ1) is 16.4. The molecule has 0 saturated carbocycles. The average Bonchev–Trinajstić information content (AvgIpc) is 2.33. The monoisotopic (exact) mass is 279 g/mol. The average molecular weight is 279 g/mol. The minimum absolute atomic E-state index is 0.106. The highest BCUT2D eigenvalue weighted by Crippen LogP contribution is 2.32. The molecule has 1 aromatic rings. The molecule has 0 radical (unpaired) electrons. The number of rotatable bonds is 7. The van der Waals surface area contributed by atoms with Crippen molar-refractivity contribution in [1.82, 2.24) is 9.97 Å². The van der Waals surface area contributed by atoms with Crippen LogP contribution < -0.4 is 5.32 Å². The largest absolute Gasteiger partial charge is 0.481 e. The summed E-state index contributed by atoms with van der Waals surface area (Å²) in [4.78, 5) is 19.2. The number of carboxylic acid groups (broad SMARTS) is 1. The van der Waals surface area contributed by atoms with Crippen molar-refractivity contribution < 1.29 is 9.90 Å². The van der Waals surface area contributed by atoms with E-state index in [-0.39, 0.29) is 11.8 Å². The summed E-state index contributed by atoms with van der Waals surface area (Å²) in [5.41, 5.74) is 0.986. The van der Waals surface area contributed by atoms with E-state index in [4.69, 9.17) is 5.11 Å². The van der Waals surface area contributed by atoms with Crippen molar-refractivity contribution in [1.29, 1.82) is 0 Å². The van der Waals surface area contributed by atoms with E-state index in [1.54, 1.807) is 12.4 Å². The van der Waals surface area contributed by atoms with Gasteiger partial charge in [0.15, 0.2) is 0 Å². The highest BCUT2D eigenvalue weighted by Gasteiger charge is 2.24. The molecule has 0 aromatic carbocycles. The summed E-state index contributed by atoms with van der Waals surface area (Å²) in [6.45, 7) is 9.18. The molecule has 5 nitrogen and oxygen atoms in total. The molecule has 0 aliphatic carbocycles. The molecule has 1 heterocycles. The Balaban J connectivity index is 2.50.